The molecule has 0 fully saturated rings. The van der Waals surface area contributed by atoms with Gasteiger partial charge in [-0.15, -0.1) is 0 Å². The van der Waals surface area contributed by atoms with Gasteiger partial charge in [0.05, 0.1) is 18.4 Å². The summed E-state index contributed by atoms with van der Waals surface area (Å²) >= 11 is 0. The second-order valence-corrected chi connectivity index (χ2v) is 7.66. The Morgan fingerprint density at radius 2 is 1.66 bits per heavy atom. The van der Waals surface area contributed by atoms with Gasteiger partial charge in [0.25, 0.3) is 0 Å². The van der Waals surface area contributed by atoms with E-state index in [9.17, 15) is 9.59 Å². The maximum absolute atomic E-state index is 12.1. The SMILES string of the molecule is COCC(=O)Nc1ccc(-c2c(-c3cccc(OC)c3)nn(-c3ccccc3)c2OC(C)=O)cc1. The largest absolute Gasteiger partial charge is 0.497 e. The molecule has 0 aliphatic rings. The van der Waals surface area contributed by atoms with Crippen LogP contribution in [0.5, 0.6) is 11.6 Å². The molecular weight excluding hydrogens is 446 g/mol. The van der Waals surface area contributed by atoms with Crippen LogP contribution >= 0.6 is 0 Å². The topological polar surface area (TPSA) is 91.7 Å². The van der Waals surface area contributed by atoms with Crippen molar-refractivity contribution in [3.63, 3.8) is 0 Å². The summed E-state index contributed by atoms with van der Waals surface area (Å²) in [6, 6.07) is 24.2. The van der Waals surface area contributed by atoms with E-state index in [1.54, 1.807) is 23.9 Å². The molecule has 0 atom stereocenters. The molecule has 1 aromatic heterocycles. The van der Waals surface area contributed by atoms with Crippen LogP contribution in [0.2, 0.25) is 0 Å². The standard InChI is InChI=1S/C27H25N3O5/c1-18(31)35-27-25(19-12-14-21(15-13-19)28-24(32)17-33-2)26(20-8-7-11-23(16-20)34-3)29-30(27)22-9-5-4-6-10-22/h4-16H,17H2,1-3H3,(H,28,32). The minimum atomic E-state index is -0.469. The zero-order chi connectivity index (χ0) is 24.8. The average molecular weight is 472 g/mol. The van der Waals surface area contributed by atoms with Gasteiger partial charge in [-0.25, -0.2) is 0 Å². The number of carbonyl (C=O) groups is 2. The fourth-order valence-corrected chi connectivity index (χ4v) is 3.66. The van der Waals surface area contributed by atoms with Gasteiger partial charge in [0, 0.05) is 25.3 Å². The molecule has 35 heavy (non-hydrogen) atoms. The third-order valence-corrected chi connectivity index (χ3v) is 5.16. The van der Waals surface area contributed by atoms with Crippen LogP contribution in [0, 0.1) is 0 Å². The van der Waals surface area contributed by atoms with Crippen molar-refractivity contribution in [3.05, 3.63) is 78.9 Å². The van der Waals surface area contributed by atoms with Crippen LogP contribution in [0.1, 0.15) is 6.92 Å². The van der Waals surface area contributed by atoms with Gasteiger partial charge in [0.1, 0.15) is 18.1 Å². The first kappa shape index (κ1) is 23.7. The number of amides is 1. The van der Waals surface area contributed by atoms with Gasteiger partial charge >= 0.3 is 5.97 Å². The lowest BCUT2D eigenvalue weighted by Crippen LogP contribution is -2.16. The van der Waals surface area contributed by atoms with Gasteiger partial charge in [-0.1, -0.05) is 42.5 Å². The smallest absolute Gasteiger partial charge is 0.309 e. The van der Waals surface area contributed by atoms with Crippen molar-refractivity contribution in [3.8, 4) is 39.7 Å². The third kappa shape index (κ3) is 5.39. The molecule has 0 saturated heterocycles. The van der Waals surface area contributed by atoms with E-state index >= 15 is 0 Å². The van der Waals surface area contributed by atoms with E-state index < -0.39 is 5.97 Å². The van der Waals surface area contributed by atoms with Gasteiger partial charge in [-0.2, -0.15) is 9.78 Å². The van der Waals surface area contributed by atoms with Gasteiger partial charge in [0.15, 0.2) is 0 Å². The molecule has 0 saturated carbocycles. The lowest BCUT2D eigenvalue weighted by Gasteiger charge is -2.10. The molecule has 4 rings (SSSR count). The van der Waals surface area contributed by atoms with Crippen LogP contribution in [0.4, 0.5) is 5.69 Å². The van der Waals surface area contributed by atoms with E-state index in [1.807, 2.05) is 66.7 Å². The van der Waals surface area contributed by atoms with Crippen molar-refractivity contribution < 1.29 is 23.8 Å². The summed E-state index contributed by atoms with van der Waals surface area (Å²) in [5, 5.41) is 7.62. The summed E-state index contributed by atoms with van der Waals surface area (Å²) in [5.41, 5.74) is 4.14. The molecule has 178 valence electrons. The summed E-state index contributed by atoms with van der Waals surface area (Å²) in [6.45, 7) is 1.31. The second kappa shape index (κ2) is 10.7. The van der Waals surface area contributed by atoms with Crippen LogP contribution in [0.15, 0.2) is 78.9 Å². The number of esters is 1. The summed E-state index contributed by atoms with van der Waals surface area (Å²) in [5.74, 6) is 0.240. The molecule has 8 heteroatoms. The van der Waals surface area contributed by atoms with Crippen LogP contribution in [0.3, 0.4) is 0 Å². The molecule has 1 amide bonds. The van der Waals surface area contributed by atoms with Gasteiger partial charge in [-0.3, -0.25) is 9.59 Å². The molecule has 0 aliphatic heterocycles. The van der Waals surface area contributed by atoms with E-state index in [2.05, 4.69) is 5.32 Å². The van der Waals surface area contributed by atoms with Crippen molar-refractivity contribution in [2.24, 2.45) is 0 Å². The Kier molecular flexibility index (Phi) is 7.23. The fraction of sp³-hybridized carbons (Fsp3) is 0.148. The van der Waals surface area contributed by atoms with E-state index in [0.717, 1.165) is 16.8 Å². The number of nitrogens with one attached hydrogen (secondary N) is 1. The average Bonchev–Trinajstić information content (AvgIpc) is 3.23. The quantitative estimate of drug-likeness (QED) is 0.374. The number of carbonyl (C=O) groups excluding carboxylic acids is 2. The second-order valence-electron chi connectivity index (χ2n) is 7.66. The lowest BCUT2D eigenvalue weighted by molar-refractivity contribution is -0.132. The van der Waals surface area contributed by atoms with Gasteiger partial charge in [-0.05, 0) is 42.0 Å². The third-order valence-electron chi connectivity index (χ3n) is 5.16. The lowest BCUT2D eigenvalue weighted by atomic mass is 10.0. The highest BCUT2D eigenvalue weighted by Gasteiger charge is 2.24. The molecule has 1 N–H and O–H groups in total. The molecule has 1 heterocycles. The fourth-order valence-electron chi connectivity index (χ4n) is 3.66. The number of hydrogen-bond donors (Lipinski definition) is 1. The molecule has 0 radical (unpaired) electrons. The number of aromatic nitrogens is 2. The van der Waals surface area contributed by atoms with Crippen LogP contribution in [-0.2, 0) is 14.3 Å². The summed E-state index contributed by atoms with van der Waals surface area (Å²) < 4.78 is 17.6. The minimum absolute atomic E-state index is 0.0395. The van der Waals surface area contributed by atoms with Crippen molar-refractivity contribution in [1.29, 1.82) is 0 Å². The van der Waals surface area contributed by atoms with E-state index in [4.69, 9.17) is 19.3 Å². The van der Waals surface area contributed by atoms with Gasteiger partial charge < -0.3 is 19.5 Å². The minimum Gasteiger partial charge on any atom is -0.497 e. The molecule has 4 aromatic rings. The van der Waals surface area contributed by atoms with Crippen molar-refractivity contribution in [2.45, 2.75) is 6.92 Å². The monoisotopic (exact) mass is 471 g/mol. The normalized spacial score (nSPS) is 10.6. The summed E-state index contributed by atoms with van der Waals surface area (Å²) in [7, 11) is 3.06. The first-order valence-electron chi connectivity index (χ1n) is 10.9. The number of rotatable bonds is 8. The molecule has 0 bridgehead atoms. The van der Waals surface area contributed by atoms with Gasteiger partial charge in [0.2, 0.25) is 11.8 Å². The van der Waals surface area contributed by atoms with Crippen molar-refractivity contribution in [1.82, 2.24) is 9.78 Å². The number of ether oxygens (including phenoxy) is 3. The molecule has 0 aliphatic carbocycles. The molecule has 8 nitrogen and oxygen atoms in total. The first-order valence-corrected chi connectivity index (χ1v) is 10.9. The van der Waals surface area contributed by atoms with E-state index in [-0.39, 0.29) is 18.4 Å². The number of benzene rings is 3. The van der Waals surface area contributed by atoms with Crippen molar-refractivity contribution in [2.75, 3.05) is 26.1 Å². The van der Waals surface area contributed by atoms with E-state index in [0.29, 0.717) is 22.7 Å². The Morgan fingerprint density at radius 1 is 0.914 bits per heavy atom. The zero-order valence-electron chi connectivity index (χ0n) is 19.6. The zero-order valence-corrected chi connectivity index (χ0v) is 19.6. The summed E-state index contributed by atoms with van der Waals surface area (Å²) in [6.07, 6.45) is 0. The Morgan fingerprint density at radius 3 is 2.31 bits per heavy atom. The van der Waals surface area contributed by atoms with Crippen LogP contribution < -0.4 is 14.8 Å². The molecule has 0 unspecified atom stereocenters. The number of nitrogens with zero attached hydrogens (tertiary/aromatic N) is 2. The van der Waals surface area contributed by atoms with Crippen molar-refractivity contribution >= 4 is 17.6 Å². The molecule has 3 aromatic carbocycles. The van der Waals surface area contributed by atoms with Crippen LogP contribution in [0.25, 0.3) is 28.1 Å². The number of para-hydroxylation sites is 1. The predicted octanol–water partition coefficient (Wildman–Crippen LogP) is 4.73. The maximum atomic E-state index is 12.1. The Labute approximate surface area is 203 Å². The van der Waals surface area contributed by atoms with Crippen LogP contribution in [-0.4, -0.2) is 42.5 Å². The number of hydrogen-bond acceptors (Lipinski definition) is 6. The Bertz CT molecular complexity index is 1330. The highest BCUT2D eigenvalue weighted by molar-refractivity contribution is 5.93. The predicted molar refractivity (Wildman–Crippen MR) is 133 cm³/mol. The highest BCUT2D eigenvalue weighted by Crippen LogP contribution is 2.41. The van der Waals surface area contributed by atoms with E-state index in [1.165, 1.54) is 14.0 Å². The first-order chi connectivity index (χ1) is 17.0. The highest BCUT2D eigenvalue weighted by atomic mass is 16.5. The molecule has 0 spiro atoms. The Balaban J connectivity index is 1.90. The Hall–Kier alpha value is -4.43. The summed E-state index contributed by atoms with van der Waals surface area (Å²) in [4.78, 5) is 24.0. The number of anilines is 1. The molecular formula is C27H25N3O5. The maximum Gasteiger partial charge on any atom is 0.309 e. The number of methoxy groups -OCH3 is 2.